The fraction of sp³-hybridized carbons (Fsp3) is 0.429. The molecule has 0 spiro atoms. The smallest absolute Gasteiger partial charge is 0.311 e. The van der Waals surface area contributed by atoms with Crippen molar-refractivity contribution in [3.8, 4) is 5.75 Å². The van der Waals surface area contributed by atoms with Gasteiger partial charge in [0, 0.05) is 22.7 Å². The molecule has 0 unspecified atom stereocenters. The number of para-hydroxylation sites is 1. The lowest BCUT2D eigenvalue weighted by Crippen LogP contribution is -2.46. The average Bonchev–Trinajstić information content (AvgIpc) is 2.81. The van der Waals surface area contributed by atoms with Crippen molar-refractivity contribution < 1.29 is 22.7 Å². The van der Waals surface area contributed by atoms with Crippen molar-refractivity contribution in [1.29, 1.82) is 0 Å². The van der Waals surface area contributed by atoms with Gasteiger partial charge in [-0.1, -0.05) is 31.0 Å². The summed E-state index contributed by atoms with van der Waals surface area (Å²) >= 11 is 0. The predicted molar refractivity (Wildman–Crippen MR) is 139 cm³/mol. The van der Waals surface area contributed by atoms with E-state index in [9.17, 15) is 13.2 Å². The molecule has 1 N–H and O–H groups in total. The molecule has 192 valence electrons. The topological polar surface area (TPSA) is 94.6 Å². The van der Waals surface area contributed by atoms with Crippen LogP contribution >= 0.6 is 0 Å². The monoisotopic (exact) mass is 510 g/mol. The number of hydrogen-bond donors (Lipinski definition) is 1. The summed E-state index contributed by atoms with van der Waals surface area (Å²) in [6.45, 7) is 7.73. The first-order valence-electron chi connectivity index (χ1n) is 12.4. The van der Waals surface area contributed by atoms with E-state index in [1.54, 1.807) is 12.1 Å². The van der Waals surface area contributed by atoms with Crippen molar-refractivity contribution in [2.75, 3.05) is 0 Å². The number of fused-ring (bicyclic) bond motifs is 1. The van der Waals surface area contributed by atoms with Gasteiger partial charge in [0.1, 0.15) is 18.0 Å². The lowest BCUT2D eigenvalue weighted by atomic mass is 9.85. The molecule has 8 heteroatoms. The molecule has 1 aliphatic carbocycles. The number of hydrogen-bond acceptors (Lipinski definition) is 6. The van der Waals surface area contributed by atoms with E-state index in [4.69, 9.17) is 9.47 Å². The molecule has 1 saturated carbocycles. The molecular formula is C28H34N2O5S. The minimum Gasteiger partial charge on any atom is -0.489 e. The van der Waals surface area contributed by atoms with E-state index in [0.29, 0.717) is 25.2 Å². The molecule has 2 aromatic carbocycles. The summed E-state index contributed by atoms with van der Waals surface area (Å²) in [6, 6.07) is 15.8. The second-order valence-corrected chi connectivity index (χ2v) is 12.1. The van der Waals surface area contributed by atoms with Gasteiger partial charge in [-0.05, 0) is 76.9 Å². The number of benzene rings is 2. The third-order valence-electron chi connectivity index (χ3n) is 6.24. The van der Waals surface area contributed by atoms with E-state index >= 15 is 0 Å². The maximum atomic E-state index is 13.1. The van der Waals surface area contributed by atoms with Crippen LogP contribution < -0.4 is 9.46 Å². The van der Waals surface area contributed by atoms with Crippen molar-refractivity contribution in [1.82, 2.24) is 9.71 Å². The SMILES string of the molecule is Cc1cc(COc2ccc(S(=O)(=O)N[C@H]3CCCC[C@@H]3C(=O)OC(C)(C)C)cc2)c2ccccc2n1. The number of esters is 1. The second-order valence-electron chi connectivity index (χ2n) is 10.4. The Kier molecular flexibility index (Phi) is 7.66. The van der Waals surface area contributed by atoms with Gasteiger partial charge in [0.2, 0.25) is 10.0 Å². The Morgan fingerprint density at radius 1 is 1.06 bits per heavy atom. The number of ether oxygens (including phenoxy) is 2. The Labute approximate surface area is 213 Å². The Morgan fingerprint density at radius 2 is 1.75 bits per heavy atom. The molecule has 3 aromatic rings. The van der Waals surface area contributed by atoms with E-state index in [-0.39, 0.29) is 10.9 Å². The molecule has 1 aliphatic rings. The third-order valence-corrected chi connectivity index (χ3v) is 7.75. The van der Waals surface area contributed by atoms with Gasteiger partial charge < -0.3 is 9.47 Å². The Hall–Kier alpha value is -2.97. The summed E-state index contributed by atoms with van der Waals surface area (Å²) in [5.74, 6) is -0.275. The van der Waals surface area contributed by atoms with Gasteiger partial charge in [0.05, 0.1) is 16.3 Å². The highest BCUT2D eigenvalue weighted by atomic mass is 32.2. The number of nitrogens with zero attached hydrogens (tertiary/aromatic N) is 1. The maximum absolute atomic E-state index is 13.1. The van der Waals surface area contributed by atoms with Crippen LogP contribution in [0.25, 0.3) is 10.9 Å². The van der Waals surface area contributed by atoms with Crippen molar-refractivity contribution in [3.63, 3.8) is 0 Å². The molecule has 1 fully saturated rings. The van der Waals surface area contributed by atoms with Crippen molar-refractivity contribution >= 4 is 26.9 Å². The molecule has 0 saturated heterocycles. The highest BCUT2D eigenvalue weighted by molar-refractivity contribution is 7.89. The van der Waals surface area contributed by atoms with Gasteiger partial charge in [-0.2, -0.15) is 0 Å². The Bertz CT molecular complexity index is 1330. The van der Waals surface area contributed by atoms with Gasteiger partial charge in [0.25, 0.3) is 0 Å². The first-order valence-corrected chi connectivity index (χ1v) is 13.8. The van der Waals surface area contributed by atoms with Crippen molar-refractivity contribution in [3.05, 3.63) is 65.9 Å². The molecule has 0 amide bonds. The lowest BCUT2D eigenvalue weighted by Gasteiger charge is -2.32. The first kappa shape index (κ1) is 26.1. The van der Waals surface area contributed by atoms with Gasteiger partial charge in [-0.3, -0.25) is 9.78 Å². The number of carbonyl (C=O) groups is 1. The third kappa shape index (κ3) is 6.42. The quantitative estimate of drug-likeness (QED) is 0.434. The van der Waals surface area contributed by atoms with E-state index in [2.05, 4.69) is 9.71 Å². The summed E-state index contributed by atoms with van der Waals surface area (Å²) in [5.41, 5.74) is 2.22. The Morgan fingerprint density at radius 3 is 2.47 bits per heavy atom. The minimum atomic E-state index is -3.81. The number of rotatable bonds is 7. The molecule has 2 atom stereocenters. The zero-order chi connectivity index (χ0) is 25.9. The van der Waals surface area contributed by atoms with Gasteiger partial charge in [-0.25, -0.2) is 13.1 Å². The standard InChI is InChI=1S/C28H34N2O5S/c1-19-17-20(23-9-5-7-11-25(23)29-19)18-34-21-13-15-22(16-14-21)36(32,33)30-26-12-8-6-10-24(26)27(31)35-28(2,3)4/h5,7,9,11,13-17,24,26,30H,6,8,10,12,18H2,1-4H3/t24-,26-/m0/s1. The van der Waals surface area contributed by atoms with Gasteiger partial charge >= 0.3 is 5.97 Å². The number of aromatic nitrogens is 1. The van der Waals surface area contributed by atoms with Crippen LogP contribution in [-0.4, -0.2) is 31.0 Å². The summed E-state index contributed by atoms with van der Waals surface area (Å²) in [4.78, 5) is 17.4. The average molecular weight is 511 g/mol. The number of carbonyl (C=O) groups excluding carboxylic acids is 1. The molecule has 1 heterocycles. The normalized spacial score (nSPS) is 18.7. The second kappa shape index (κ2) is 10.6. The molecule has 0 aliphatic heterocycles. The van der Waals surface area contributed by atoms with Gasteiger partial charge in [0.15, 0.2) is 0 Å². The van der Waals surface area contributed by atoms with E-state index in [1.807, 2.05) is 58.0 Å². The fourth-order valence-electron chi connectivity index (χ4n) is 4.59. The van der Waals surface area contributed by atoms with Gasteiger partial charge in [-0.15, -0.1) is 0 Å². The van der Waals surface area contributed by atoms with Crippen LogP contribution in [-0.2, 0) is 26.2 Å². The van der Waals surface area contributed by atoms with Crippen LogP contribution in [0.3, 0.4) is 0 Å². The van der Waals surface area contributed by atoms with E-state index < -0.39 is 27.6 Å². The highest BCUT2D eigenvalue weighted by Gasteiger charge is 2.36. The molecule has 1 aromatic heterocycles. The summed E-state index contributed by atoms with van der Waals surface area (Å²) in [7, 11) is -3.81. The van der Waals surface area contributed by atoms with Crippen molar-refractivity contribution in [2.45, 2.75) is 76.5 Å². The van der Waals surface area contributed by atoms with Crippen LogP contribution in [0, 0.1) is 12.8 Å². The molecular weight excluding hydrogens is 476 g/mol. The number of sulfonamides is 1. The van der Waals surface area contributed by atoms with E-state index in [0.717, 1.165) is 35.0 Å². The Balaban J connectivity index is 1.44. The number of aryl methyl sites for hydroxylation is 1. The van der Waals surface area contributed by atoms with Crippen LogP contribution in [0.1, 0.15) is 57.7 Å². The zero-order valence-electron chi connectivity index (χ0n) is 21.3. The molecule has 7 nitrogen and oxygen atoms in total. The van der Waals surface area contributed by atoms with Crippen LogP contribution in [0.2, 0.25) is 0 Å². The van der Waals surface area contributed by atoms with Crippen molar-refractivity contribution in [2.24, 2.45) is 5.92 Å². The molecule has 0 radical (unpaired) electrons. The van der Waals surface area contributed by atoms with Crippen LogP contribution in [0.4, 0.5) is 0 Å². The zero-order valence-corrected chi connectivity index (χ0v) is 22.1. The predicted octanol–water partition coefficient (Wildman–Crippen LogP) is 5.30. The molecule has 4 rings (SSSR count). The van der Waals surface area contributed by atoms with Crippen LogP contribution in [0.5, 0.6) is 5.75 Å². The van der Waals surface area contributed by atoms with Crippen LogP contribution in [0.15, 0.2) is 59.5 Å². The fourth-order valence-corrected chi connectivity index (χ4v) is 5.90. The number of pyridine rings is 1. The molecule has 0 bridgehead atoms. The summed E-state index contributed by atoms with van der Waals surface area (Å²) in [6.07, 6.45) is 2.95. The highest BCUT2D eigenvalue weighted by Crippen LogP contribution is 2.29. The van der Waals surface area contributed by atoms with E-state index in [1.165, 1.54) is 12.1 Å². The lowest BCUT2D eigenvalue weighted by molar-refractivity contribution is -0.161. The minimum absolute atomic E-state index is 0.133. The maximum Gasteiger partial charge on any atom is 0.311 e. The summed E-state index contributed by atoms with van der Waals surface area (Å²) in [5, 5.41) is 1.03. The first-order chi connectivity index (χ1) is 17.0. The summed E-state index contributed by atoms with van der Waals surface area (Å²) < 4.78 is 40.5. The molecule has 36 heavy (non-hydrogen) atoms. The number of nitrogens with one attached hydrogen (secondary N) is 1. The largest absolute Gasteiger partial charge is 0.489 e.